The largest absolute Gasteiger partial charge is 0.391 e. The molecule has 1 saturated carbocycles. The van der Waals surface area contributed by atoms with Crippen LogP contribution in [0.3, 0.4) is 0 Å². The van der Waals surface area contributed by atoms with Crippen molar-refractivity contribution in [2.24, 2.45) is 11.8 Å². The number of hydrogen-bond donors (Lipinski definition) is 2. The van der Waals surface area contributed by atoms with Crippen molar-refractivity contribution >= 4 is 0 Å². The number of hydrogen-bond acceptors (Lipinski definition) is 3. The van der Waals surface area contributed by atoms with Crippen molar-refractivity contribution in [3.63, 3.8) is 0 Å². The highest BCUT2D eigenvalue weighted by atomic mass is 19.4. The van der Waals surface area contributed by atoms with Gasteiger partial charge in [-0.1, -0.05) is 0 Å². The molecule has 1 aliphatic carbocycles. The predicted octanol–water partition coefficient (Wildman–Crippen LogP) is 2.57. The van der Waals surface area contributed by atoms with Gasteiger partial charge in [0.25, 0.3) is 0 Å². The minimum Gasteiger partial charge on any atom is -0.383 e. The second-order valence-electron chi connectivity index (χ2n) is 5.77. The summed E-state index contributed by atoms with van der Waals surface area (Å²) in [5, 5.41) is 6.66. The van der Waals surface area contributed by atoms with Gasteiger partial charge in [-0.25, -0.2) is 0 Å². The quantitative estimate of drug-likeness (QED) is 0.675. The monoisotopic (exact) mass is 296 g/mol. The number of methoxy groups -OCH3 is 1. The summed E-state index contributed by atoms with van der Waals surface area (Å²) in [6.45, 7) is 5.26. The Morgan fingerprint density at radius 2 is 1.85 bits per heavy atom. The molecule has 0 amide bonds. The topological polar surface area (TPSA) is 33.3 Å². The van der Waals surface area contributed by atoms with Gasteiger partial charge >= 0.3 is 6.18 Å². The molecule has 120 valence electrons. The Kier molecular flexibility index (Phi) is 7.84. The summed E-state index contributed by atoms with van der Waals surface area (Å²) in [7, 11) is 1.67. The average Bonchev–Trinajstić information content (AvgIpc) is 2.41. The molecule has 6 heteroatoms. The average molecular weight is 296 g/mol. The van der Waals surface area contributed by atoms with E-state index in [9.17, 15) is 13.2 Å². The van der Waals surface area contributed by atoms with Crippen LogP contribution < -0.4 is 10.6 Å². The zero-order valence-electron chi connectivity index (χ0n) is 12.4. The van der Waals surface area contributed by atoms with E-state index in [2.05, 4.69) is 17.6 Å². The Hall–Kier alpha value is -0.330. The van der Waals surface area contributed by atoms with E-state index in [1.807, 2.05) is 0 Å². The molecule has 1 fully saturated rings. The van der Waals surface area contributed by atoms with E-state index in [4.69, 9.17) is 4.74 Å². The number of rotatable bonds is 8. The standard InChI is InChI=1S/C14H27F3N2O/c1-11(9-18-7-8-20-2)19-10-12-3-5-13(6-4-12)14(15,16)17/h11-13,18-19H,3-10H2,1-2H3. The van der Waals surface area contributed by atoms with Gasteiger partial charge in [0.05, 0.1) is 12.5 Å². The lowest BCUT2D eigenvalue weighted by Crippen LogP contribution is -2.40. The van der Waals surface area contributed by atoms with E-state index in [0.717, 1.165) is 19.6 Å². The molecule has 1 aliphatic rings. The molecule has 20 heavy (non-hydrogen) atoms. The fraction of sp³-hybridized carbons (Fsp3) is 1.00. The van der Waals surface area contributed by atoms with E-state index in [0.29, 0.717) is 31.4 Å². The van der Waals surface area contributed by atoms with E-state index in [1.165, 1.54) is 0 Å². The number of ether oxygens (including phenoxy) is 1. The molecule has 1 atom stereocenters. The smallest absolute Gasteiger partial charge is 0.383 e. The second-order valence-corrected chi connectivity index (χ2v) is 5.77. The number of alkyl halides is 3. The van der Waals surface area contributed by atoms with Crippen molar-refractivity contribution in [2.45, 2.75) is 44.8 Å². The first-order valence-electron chi connectivity index (χ1n) is 7.43. The van der Waals surface area contributed by atoms with Gasteiger partial charge in [0, 0.05) is 26.2 Å². The van der Waals surface area contributed by atoms with Crippen LogP contribution in [0, 0.1) is 11.8 Å². The van der Waals surface area contributed by atoms with E-state index < -0.39 is 12.1 Å². The summed E-state index contributed by atoms with van der Waals surface area (Å²) < 4.78 is 42.6. The lowest BCUT2D eigenvalue weighted by molar-refractivity contribution is -0.183. The van der Waals surface area contributed by atoms with Gasteiger partial charge in [-0.2, -0.15) is 13.2 Å². The summed E-state index contributed by atoms with van der Waals surface area (Å²) in [5.74, 6) is -0.693. The van der Waals surface area contributed by atoms with Crippen LogP contribution in [-0.4, -0.2) is 45.6 Å². The molecule has 1 unspecified atom stereocenters. The second kappa shape index (κ2) is 8.85. The van der Waals surface area contributed by atoms with Gasteiger partial charge in [0.1, 0.15) is 0 Å². The van der Waals surface area contributed by atoms with E-state index in [-0.39, 0.29) is 12.8 Å². The van der Waals surface area contributed by atoms with Crippen molar-refractivity contribution in [1.82, 2.24) is 10.6 Å². The highest BCUT2D eigenvalue weighted by molar-refractivity contribution is 4.79. The first-order valence-corrected chi connectivity index (χ1v) is 7.43. The molecule has 0 aromatic rings. The van der Waals surface area contributed by atoms with E-state index in [1.54, 1.807) is 7.11 Å². The zero-order valence-corrected chi connectivity index (χ0v) is 12.4. The molecule has 0 aromatic carbocycles. The molecular formula is C14H27F3N2O. The van der Waals surface area contributed by atoms with Crippen LogP contribution >= 0.6 is 0 Å². The van der Waals surface area contributed by atoms with E-state index >= 15 is 0 Å². The Morgan fingerprint density at radius 1 is 1.20 bits per heavy atom. The Balaban J connectivity index is 2.09. The van der Waals surface area contributed by atoms with Crippen LogP contribution in [-0.2, 0) is 4.74 Å². The molecule has 0 spiro atoms. The fourth-order valence-corrected chi connectivity index (χ4v) is 2.63. The van der Waals surface area contributed by atoms with Gasteiger partial charge in [0.15, 0.2) is 0 Å². The van der Waals surface area contributed by atoms with Crippen LogP contribution in [0.2, 0.25) is 0 Å². The maximum atomic E-state index is 12.6. The van der Waals surface area contributed by atoms with Gasteiger partial charge in [-0.05, 0) is 45.1 Å². The maximum Gasteiger partial charge on any atom is 0.391 e. The highest BCUT2D eigenvalue weighted by Crippen LogP contribution is 2.39. The van der Waals surface area contributed by atoms with Crippen molar-refractivity contribution in [1.29, 1.82) is 0 Å². The van der Waals surface area contributed by atoms with Crippen molar-refractivity contribution in [3.05, 3.63) is 0 Å². The fourth-order valence-electron chi connectivity index (χ4n) is 2.63. The SMILES string of the molecule is COCCNCC(C)NCC1CCC(C(F)(F)F)CC1. The number of halogens is 3. The first kappa shape index (κ1) is 17.7. The molecule has 2 N–H and O–H groups in total. The summed E-state index contributed by atoms with van der Waals surface area (Å²) in [4.78, 5) is 0. The zero-order chi connectivity index (χ0) is 15.0. The molecule has 0 heterocycles. The predicted molar refractivity (Wildman–Crippen MR) is 73.7 cm³/mol. The minimum atomic E-state index is -4.00. The minimum absolute atomic E-state index is 0.288. The van der Waals surface area contributed by atoms with Gasteiger partial charge in [-0.15, -0.1) is 0 Å². The molecule has 0 bridgehead atoms. The van der Waals surface area contributed by atoms with Crippen LogP contribution in [0.5, 0.6) is 0 Å². The van der Waals surface area contributed by atoms with Crippen LogP contribution in [0.25, 0.3) is 0 Å². The summed E-state index contributed by atoms with van der Waals surface area (Å²) in [6.07, 6.45) is -2.06. The van der Waals surface area contributed by atoms with Crippen LogP contribution in [0.15, 0.2) is 0 Å². The van der Waals surface area contributed by atoms with Gasteiger partial charge in [-0.3, -0.25) is 0 Å². The Labute approximate surface area is 119 Å². The van der Waals surface area contributed by atoms with Gasteiger partial charge < -0.3 is 15.4 Å². The lowest BCUT2D eigenvalue weighted by Gasteiger charge is -2.30. The molecule has 3 nitrogen and oxygen atoms in total. The molecule has 0 radical (unpaired) electrons. The third kappa shape index (κ3) is 6.90. The Bertz CT molecular complexity index is 253. The lowest BCUT2D eigenvalue weighted by atomic mass is 9.81. The molecule has 1 rings (SSSR count). The Morgan fingerprint density at radius 3 is 2.40 bits per heavy atom. The van der Waals surface area contributed by atoms with Gasteiger partial charge in [0.2, 0.25) is 0 Å². The molecule has 0 aliphatic heterocycles. The normalized spacial score (nSPS) is 25.6. The summed E-state index contributed by atoms with van der Waals surface area (Å²) in [5.41, 5.74) is 0. The molecule has 0 aromatic heterocycles. The molecule has 0 saturated heterocycles. The van der Waals surface area contributed by atoms with Crippen LogP contribution in [0.4, 0.5) is 13.2 Å². The third-order valence-corrected chi connectivity index (χ3v) is 4.00. The van der Waals surface area contributed by atoms with Crippen molar-refractivity contribution in [2.75, 3.05) is 33.4 Å². The summed E-state index contributed by atoms with van der Waals surface area (Å²) >= 11 is 0. The maximum absolute atomic E-state index is 12.6. The van der Waals surface area contributed by atoms with Crippen LogP contribution in [0.1, 0.15) is 32.6 Å². The third-order valence-electron chi connectivity index (χ3n) is 4.00. The molecular weight excluding hydrogens is 269 g/mol. The highest BCUT2D eigenvalue weighted by Gasteiger charge is 2.41. The number of nitrogens with one attached hydrogen (secondary N) is 2. The van der Waals surface area contributed by atoms with Crippen molar-refractivity contribution in [3.8, 4) is 0 Å². The van der Waals surface area contributed by atoms with Crippen molar-refractivity contribution < 1.29 is 17.9 Å². The first-order chi connectivity index (χ1) is 9.43. The summed E-state index contributed by atoms with van der Waals surface area (Å²) in [6, 6.07) is 0.326.